The maximum atomic E-state index is 12.5. The van der Waals surface area contributed by atoms with E-state index in [1.54, 1.807) is 6.26 Å². The van der Waals surface area contributed by atoms with Gasteiger partial charge in [-0.15, -0.1) is 0 Å². The lowest BCUT2D eigenvalue weighted by molar-refractivity contribution is -0.147. The van der Waals surface area contributed by atoms with Gasteiger partial charge in [0.25, 0.3) is 0 Å². The highest BCUT2D eigenvalue weighted by Gasteiger charge is 2.30. The smallest absolute Gasteiger partial charge is 0.401 e. The van der Waals surface area contributed by atoms with Crippen molar-refractivity contribution in [3.05, 3.63) is 23.7 Å². The molecule has 0 saturated carbocycles. The fourth-order valence-electron chi connectivity index (χ4n) is 2.11. The van der Waals surface area contributed by atoms with Gasteiger partial charge in [0.1, 0.15) is 5.76 Å². The van der Waals surface area contributed by atoms with Gasteiger partial charge in [-0.05, 0) is 31.5 Å². The molecule has 0 aliphatic heterocycles. The molecule has 0 unspecified atom stereocenters. The van der Waals surface area contributed by atoms with Crippen molar-refractivity contribution in [2.24, 2.45) is 5.92 Å². The highest BCUT2D eigenvalue weighted by molar-refractivity contribution is 5.12. The van der Waals surface area contributed by atoms with Crippen LogP contribution in [0.15, 0.2) is 16.7 Å². The maximum Gasteiger partial charge on any atom is 0.401 e. The molecular formula is C15H25F3N2O. The highest BCUT2D eigenvalue weighted by atomic mass is 19.4. The number of hydrogen-bond donors (Lipinski definition) is 1. The molecule has 0 bridgehead atoms. The molecule has 0 fully saturated rings. The summed E-state index contributed by atoms with van der Waals surface area (Å²) in [6.07, 6.45) is -1.89. The first-order valence-electron chi connectivity index (χ1n) is 7.36. The Morgan fingerprint density at radius 3 is 2.62 bits per heavy atom. The minimum absolute atomic E-state index is 0.192. The second kappa shape index (κ2) is 8.44. The number of nitrogens with one attached hydrogen (secondary N) is 1. The summed E-state index contributed by atoms with van der Waals surface area (Å²) in [5.41, 5.74) is 0.967. The van der Waals surface area contributed by atoms with Crippen molar-refractivity contribution in [1.82, 2.24) is 10.2 Å². The van der Waals surface area contributed by atoms with Crippen molar-refractivity contribution < 1.29 is 17.6 Å². The van der Waals surface area contributed by atoms with Crippen LogP contribution in [0.5, 0.6) is 0 Å². The predicted molar refractivity (Wildman–Crippen MR) is 76.9 cm³/mol. The molecule has 0 amide bonds. The summed E-state index contributed by atoms with van der Waals surface area (Å²) in [7, 11) is 0. The van der Waals surface area contributed by atoms with Gasteiger partial charge in [-0.1, -0.05) is 20.8 Å². The Hall–Kier alpha value is -1.01. The van der Waals surface area contributed by atoms with Crippen molar-refractivity contribution in [3.8, 4) is 0 Å². The van der Waals surface area contributed by atoms with Crippen LogP contribution >= 0.6 is 0 Å². The minimum atomic E-state index is -4.18. The van der Waals surface area contributed by atoms with E-state index in [0.29, 0.717) is 31.2 Å². The van der Waals surface area contributed by atoms with Gasteiger partial charge < -0.3 is 9.73 Å². The first-order valence-corrected chi connectivity index (χ1v) is 7.36. The zero-order valence-electron chi connectivity index (χ0n) is 13.0. The molecule has 0 aliphatic carbocycles. The third kappa shape index (κ3) is 8.12. The number of rotatable bonds is 9. The quantitative estimate of drug-likeness (QED) is 0.752. The molecule has 0 spiro atoms. The normalized spacial score (nSPS) is 12.6. The van der Waals surface area contributed by atoms with Crippen LogP contribution in [0.25, 0.3) is 0 Å². The van der Waals surface area contributed by atoms with Crippen LogP contribution in [-0.4, -0.2) is 30.7 Å². The van der Waals surface area contributed by atoms with Crippen molar-refractivity contribution in [2.45, 2.75) is 46.5 Å². The lowest BCUT2D eigenvalue weighted by atomic mass is 10.2. The molecule has 0 atom stereocenters. The monoisotopic (exact) mass is 306 g/mol. The summed E-state index contributed by atoms with van der Waals surface area (Å²) in [6.45, 7) is 7.38. The van der Waals surface area contributed by atoms with E-state index in [-0.39, 0.29) is 6.54 Å². The molecule has 122 valence electrons. The van der Waals surface area contributed by atoms with Crippen molar-refractivity contribution >= 4 is 0 Å². The Balaban J connectivity index is 2.50. The summed E-state index contributed by atoms with van der Waals surface area (Å²) in [5, 5.41) is 3.28. The van der Waals surface area contributed by atoms with E-state index in [1.165, 1.54) is 4.90 Å². The number of nitrogens with zero attached hydrogens (tertiary/aromatic N) is 1. The Kier molecular flexibility index (Phi) is 7.25. The maximum absolute atomic E-state index is 12.5. The van der Waals surface area contributed by atoms with Gasteiger partial charge in [-0.3, -0.25) is 4.90 Å². The molecule has 1 aromatic heterocycles. The summed E-state index contributed by atoms with van der Waals surface area (Å²) in [4.78, 5) is 1.37. The summed E-state index contributed by atoms with van der Waals surface area (Å²) < 4.78 is 42.9. The van der Waals surface area contributed by atoms with Crippen LogP contribution in [-0.2, 0) is 13.1 Å². The zero-order chi connectivity index (χ0) is 15.9. The molecule has 1 rings (SSSR count). The lowest BCUT2D eigenvalue weighted by Crippen LogP contribution is -2.34. The van der Waals surface area contributed by atoms with Gasteiger partial charge in [0.05, 0.1) is 19.4 Å². The Labute approximate surface area is 124 Å². The third-order valence-corrected chi connectivity index (χ3v) is 2.91. The van der Waals surface area contributed by atoms with Crippen LogP contribution in [0.2, 0.25) is 0 Å². The topological polar surface area (TPSA) is 28.4 Å². The number of halogens is 3. The van der Waals surface area contributed by atoms with E-state index in [1.807, 2.05) is 13.0 Å². The fraction of sp³-hybridized carbons (Fsp3) is 0.733. The second-order valence-corrected chi connectivity index (χ2v) is 5.77. The van der Waals surface area contributed by atoms with E-state index in [0.717, 1.165) is 12.1 Å². The van der Waals surface area contributed by atoms with Gasteiger partial charge in [-0.25, -0.2) is 0 Å². The Morgan fingerprint density at radius 1 is 1.33 bits per heavy atom. The molecule has 0 saturated heterocycles. The average molecular weight is 306 g/mol. The molecule has 0 aliphatic rings. The predicted octanol–water partition coefficient (Wildman–Crippen LogP) is 3.80. The van der Waals surface area contributed by atoms with E-state index in [4.69, 9.17) is 4.42 Å². The number of furan rings is 1. The van der Waals surface area contributed by atoms with Crippen LogP contribution in [0.4, 0.5) is 13.2 Å². The zero-order valence-corrected chi connectivity index (χ0v) is 13.0. The van der Waals surface area contributed by atoms with Gasteiger partial charge in [0, 0.05) is 12.1 Å². The third-order valence-electron chi connectivity index (χ3n) is 2.91. The van der Waals surface area contributed by atoms with E-state index >= 15 is 0 Å². The first-order chi connectivity index (χ1) is 9.80. The summed E-state index contributed by atoms with van der Waals surface area (Å²) >= 11 is 0. The van der Waals surface area contributed by atoms with E-state index in [9.17, 15) is 13.2 Å². The van der Waals surface area contributed by atoms with E-state index in [2.05, 4.69) is 19.2 Å². The summed E-state index contributed by atoms with van der Waals surface area (Å²) in [5.74, 6) is 1.14. The van der Waals surface area contributed by atoms with Crippen LogP contribution in [0.1, 0.15) is 38.5 Å². The molecule has 21 heavy (non-hydrogen) atoms. The van der Waals surface area contributed by atoms with Gasteiger partial charge in [-0.2, -0.15) is 13.2 Å². The SMILES string of the molecule is CCCN(Cc1cc(CNCC(C)C)co1)CC(F)(F)F. The number of hydrogen-bond acceptors (Lipinski definition) is 3. The van der Waals surface area contributed by atoms with Gasteiger partial charge >= 0.3 is 6.18 Å². The van der Waals surface area contributed by atoms with Crippen molar-refractivity contribution in [1.29, 1.82) is 0 Å². The minimum Gasteiger partial charge on any atom is -0.468 e. The Bertz CT molecular complexity index is 402. The Morgan fingerprint density at radius 2 is 2.05 bits per heavy atom. The van der Waals surface area contributed by atoms with Crippen LogP contribution in [0.3, 0.4) is 0 Å². The lowest BCUT2D eigenvalue weighted by Gasteiger charge is -2.21. The molecular weight excluding hydrogens is 281 g/mol. The van der Waals surface area contributed by atoms with Crippen LogP contribution < -0.4 is 5.32 Å². The summed E-state index contributed by atoms with van der Waals surface area (Å²) in [6, 6.07) is 1.83. The largest absolute Gasteiger partial charge is 0.468 e. The fourth-order valence-corrected chi connectivity index (χ4v) is 2.11. The molecule has 1 aromatic rings. The van der Waals surface area contributed by atoms with E-state index < -0.39 is 12.7 Å². The van der Waals surface area contributed by atoms with Crippen LogP contribution in [0, 0.1) is 5.92 Å². The van der Waals surface area contributed by atoms with Crippen molar-refractivity contribution in [3.63, 3.8) is 0 Å². The van der Waals surface area contributed by atoms with Crippen molar-refractivity contribution in [2.75, 3.05) is 19.6 Å². The number of alkyl halides is 3. The molecule has 1 N–H and O–H groups in total. The standard InChI is InChI=1S/C15H25F3N2O/c1-4-5-20(11-15(16,17)18)9-14-6-13(10-21-14)8-19-7-12(2)3/h6,10,12,19H,4-5,7-9,11H2,1-3H3. The van der Waals surface area contributed by atoms with Gasteiger partial charge in [0.15, 0.2) is 0 Å². The molecule has 6 heteroatoms. The molecule has 1 heterocycles. The van der Waals surface area contributed by atoms with Gasteiger partial charge in [0.2, 0.25) is 0 Å². The highest BCUT2D eigenvalue weighted by Crippen LogP contribution is 2.19. The molecule has 0 radical (unpaired) electrons. The molecule has 3 nitrogen and oxygen atoms in total. The first kappa shape index (κ1) is 18.0. The average Bonchev–Trinajstić information content (AvgIpc) is 2.74. The second-order valence-electron chi connectivity index (χ2n) is 5.77. The molecule has 0 aromatic carbocycles.